The molecule has 17 heavy (non-hydrogen) atoms. The minimum Gasteiger partial charge on any atom is -0.466 e. The van der Waals surface area contributed by atoms with E-state index in [0.29, 0.717) is 28.9 Å². The van der Waals surface area contributed by atoms with E-state index < -0.39 is 5.97 Å². The molecule has 0 bridgehead atoms. The molecular formula is C12H10O5. The van der Waals surface area contributed by atoms with E-state index in [1.54, 1.807) is 12.1 Å². The predicted molar refractivity (Wildman–Crippen MR) is 59.0 cm³/mol. The number of carbonyl (C=O) groups is 2. The molecule has 0 fully saturated rings. The van der Waals surface area contributed by atoms with Crippen molar-refractivity contribution in [2.45, 2.75) is 0 Å². The number of hydrogen-bond acceptors (Lipinski definition) is 5. The lowest BCUT2D eigenvalue weighted by Gasteiger charge is -2.01. The first-order valence-corrected chi connectivity index (χ1v) is 4.89. The summed E-state index contributed by atoms with van der Waals surface area (Å²) < 4.78 is 14.8. The van der Waals surface area contributed by atoms with Crippen LogP contribution in [0.3, 0.4) is 0 Å². The van der Waals surface area contributed by atoms with Crippen molar-refractivity contribution < 1.29 is 23.8 Å². The zero-order valence-electron chi connectivity index (χ0n) is 9.14. The number of methoxy groups -OCH3 is 1. The molecule has 2 rings (SSSR count). The number of esters is 1. The van der Waals surface area contributed by atoms with E-state index >= 15 is 0 Å². The molecule has 0 saturated carbocycles. The molecule has 1 aromatic rings. The number of aldehydes is 1. The molecule has 1 aromatic carbocycles. The minimum atomic E-state index is -0.487. The smallest absolute Gasteiger partial charge is 0.330 e. The summed E-state index contributed by atoms with van der Waals surface area (Å²) in [6.45, 7) is 0.137. The van der Waals surface area contributed by atoms with Gasteiger partial charge in [-0.05, 0) is 23.8 Å². The van der Waals surface area contributed by atoms with Crippen LogP contribution in [0.2, 0.25) is 0 Å². The topological polar surface area (TPSA) is 61.8 Å². The van der Waals surface area contributed by atoms with Gasteiger partial charge in [0.1, 0.15) is 0 Å². The van der Waals surface area contributed by atoms with Crippen molar-refractivity contribution in [1.82, 2.24) is 0 Å². The molecule has 0 N–H and O–H groups in total. The van der Waals surface area contributed by atoms with E-state index in [0.717, 1.165) is 0 Å². The third-order valence-corrected chi connectivity index (χ3v) is 2.31. The SMILES string of the molecule is COC(=O)/C=C/c1cc2c(cc1C=O)OCO2. The third-order valence-electron chi connectivity index (χ3n) is 2.31. The second-order valence-electron chi connectivity index (χ2n) is 3.31. The monoisotopic (exact) mass is 234 g/mol. The van der Waals surface area contributed by atoms with Gasteiger partial charge in [0.2, 0.25) is 6.79 Å². The standard InChI is InChI=1S/C12H10O5/c1-15-12(14)3-2-8-4-10-11(17-7-16-10)5-9(8)6-13/h2-6H,7H2,1H3/b3-2+. The molecule has 0 aliphatic carbocycles. The van der Waals surface area contributed by atoms with Gasteiger partial charge in [0.05, 0.1) is 7.11 Å². The van der Waals surface area contributed by atoms with E-state index in [9.17, 15) is 9.59 Å². The number of rotatable bonds is 3. The van der Waals surface area contributed by atoms with Crippen LogP contribution in [-0.2, 0) is 9.53 Å². The van der Waals surface area contributed by atoms with Crippen LogP contribution in [0.25, 0.3) is 6.08 Å². The highest BCUT2D eigenvalue weighted by molar-refractivity contribution is 5.90. The Bertz CT molecular complexity index is 490. The lowest BCUT2D eigenvalue weighted by molar-refractivity contribution is -0.134. The van der Waals surface area contributed by atoms with Gasteiger partial charge < -0.3 is 14.2 Å². The second-order valence-corrected chi connectivity index (χ2v) is 3.31. The highest BCUT2D eigenvalue weighted by Gasteiger charge is 2.15. The van der Waals surface area contributed by atoms with E-state index in [2.05, 4.69) is 4.74 Å². The number of ether oxygens (including phenoxy) is 3. The summed E-state index contributed by atoms with van der Waals surface area (Å²) >= 11 is 0. The Morgan fingerprint density at radius 2 is 1.94 bits per heavy atom. The molecule has 0 amide bonds. The minimum absolute atomic E-state index is 0.137. The number of benzene rings is 1. The molecule has 5 nitrogen and oxygen atoms in total. The summed E-state index contributed by atoms with van der Waals surface area (Å²) in [6, 6.07) is 3.22. The summed E-state index contributed by atoms with van der Waals surface area (Å²) in [5.74, 6) is 0.599. The first-order chi connectivity index (χ1) is 8.24. The molecule has 0 aromatic heterocycles. The predicted octanol–water partition coefficient (Wildman–Crippen LogP) is 1.41. The summed E-state index contributed by atoms with van der Waals surface area (Å²) in [4.78, 5) is 21.9. The van der Waals surface area contributed by atoms with Gasteiger partial charge in [-0.1, -0.05) is 0 Å². The van der Waals surface area contributed by atoms with Gasteiger partial charge in [-0.25, -0.2) is 4.79 Å². The Morgan fingerprint density at radius 1 is 1.29 bits per heavy atom. The molecule has 1 aliphatic rings. The Balaban J connectivity index is 2.36. The average Bonchev–Trinajstić information content (AvgIpc) is 2.81. The molecule has 0 radical (unpaired) electrons. The Labute approximate surface area is 97.6 Å². The highest BCUT2D eigenvalue weighted by atomic mass is 16.7. The normalized spacial score (nSPS) is 12.8. The fourth-order valence-electron chi connectivity index (χ4n) is 1.45. The lowest BCUT2D eigenvalue weighted by Crippen LogP contribution is -1.94. The van der Waals surface area contributed by atoms with Gasteiger partial charge in [-0.3, -0.25) is 4.79 Å². The van der Waals surface area contributed by atoms with E-state index in [1.165, 1.54) is 19.3 Å². The van der Waals surface area contributed by atoms with Gasteiger partial charge >= 0.3 is 5.97 Å². The first kappa shape index (κ1) is 11.2. The van der Waals surface area contributed by atoms with Gasteiger partial charge in [-0.2, -0.15) is 0 Å². The van der Waals surface area contributed by atoms with Gasteiger partial charge in [0.25, 0.3) is 0 Å². The maximum absolute atomic E-state index is 11.0. The van der Waals surface area contributed by atoms with Crippen LogP contribution in [-0.4, -0.2) is 26.2 Å². The first-order valence-electron chi connectivity index (χ1n) is 4.89. The van der Waals surface area contributed by atoms with Crippen molar-refractivity contribution in [2.75, 3.05) is 13.9 Å². The molecule has 0 spiro atoms. The number of hydrogen-bond donors (Lipinski definition) is 0. The quantitative estimate of drug-likeness (QED) is 0.449. The van der Waals surface area contributed by atoms with Crippen LogP contribution in [0.1, 0.15) is 15.9 Å². The maximum Gasteiger partial charge on any atom is 0.330 e. The van der Waals surface area contributed by atoms with E-state index in [1.807, 2.05) is 0 Å². The fourth-order valence-corrected chi connectivity index (χ4v) is 1.45. The lowest BCUT2D eigenvalue weighted by atomic mass is 10.1. The molecule has 0 unspecified atom stereocenters. The van der Waals surface area contributed by atoms with Gasteiger partial charge in [0.15, 0.2) is 17.8 Å². The number of carbonyl (C=O) groups excluding carboxylic acids is 2. The van der Waals surface area contributed by atoms with Crippen molar-refractivity contribution in [1.29, 1.82) is 0 Å². The van der Waals surface area contributed by atoms with Crippen LogP contribution in [0.4, 0.5) is 0 Å². The van der Waals surface area contributed by atoms with Crippen molar-refractivity contribution in [3.63, 3.8) is 0 Å². The van der Waals surface area contributed by atoms with E-state index in [4.69, 9.17) is 9.47 Å². The summed E-state index contributed by atoms with van der Waals surface area (Å²) in [7, 11) is 1.28. The van der Waals surface area contributed by atoms with Crippen LogP contribution >= 0.6 is 0 Å². The van der Waals surface area contributed by atoms with Crippen molar-refractivity contribution in [3.8, 4) is 11.5 Å². The van der Waals surface area contributed by atoms with Crippen molar-refractivity contribution in [3.05, 3.63) is 29.3 Å². The van der Waals surface area contributed by atoms with E-state index in [-0.39, 0.29) is 6.79 Å². The fraction of sp³-hybridized carbons (Fsp3) is 0.167. The van der Waals surface area contributed by atoms with Gasteiger partial charge in [0, 0.05) is 11.6 Å². The molecule has 88 valence electrons. The van der Waals surface area contributed by atoms with Crippen LogP contribution < -0.4 is 9.47 Å². The van der Waals surface area contributed by atoms with Crippen LogP contribution in [0.15, 0.2) is 18.2 Å². The molecule has 0 saturated heterocycles. The average molecular weight is 234 g/mol. The Hall–Kier alpha value is -2.30. The zero-order valence-corrected chi connectivity index (χ0v) is 9.14. The highest BCUT2D eigenvalue weighted by Crippen LogP contribution is 2.34. The zero-order chi connectivity index (χ0) is 12.3. The molecule has 0 atom stereocenters. The Kier molecular flexibility index (Phi) is 3.09. The van der Waals surface area contributed by atoms with Gasteiger partial charge in [-0.15, -0.1) is 0 Å². The molecule has 5 heteroatoms. The summed E-state index contributed by atoms with van der Waals surface area (Å²) in [6.07, 6.45) is 3.43. The Morgan fingerprint density at radius 3 is 2.53 bits per heavy atom. The second kappa shape index (κ2) is 4.69. The molecular weight excluding hydrogens is 224 g/mol. The van der Waals surface area contributed by atoms with Crippen molar-refractivity contribution in [2.24, 2.45) is 0 Å². The largest absolute Gasteiger partial charge is 0.466 e. The number of fused-ring (bicyclic) bond motifs is 1. The van der Waals surface area contributed by atoms with Crippen LogP contribution in [0, 0.1) is 0 Å². The maximum atomic E-state index is 11.0. The van der Waals surface area contributed by atoms with Crippen LogP contribution in [0.5, 0.6) is 11.5 Å². The summed E-state index contributed by atoms with van der Waals surface area (Å²) in [5, 5.41) is 0. The molecule has 1 aliphatic heterocycles. The third kappa shape index (κ3) is 2.28. The molecule has 1 heterocycles. The summed E-state index contributed by atoms with van der Waals surface area (Å²) in [5.41, 5.74) is 1.00. The van der Waals surface area contributed by atoms with Crippen molar-refractivity contribution >= 4 is 18.3 Å².